The first kappa shape index (κ1) is 26.5. The van der Waals surface area contributed by atoms with E-state index in [4.69, 9.17) is 4.74 Å². The van der Waals surface area contributed by atoms with Gasteiger partial charge in [-0.2, -0.15) is 8.78 Å². The van der Waals surface area contributed by atoms with Crippen LogP contribution in [0.2, 0.25) is 0 Å². The second-order valence-corrected chi connectivity index (χ2v) is 11.1. The molecule has 2 heterocycles. The summed E-state index contributed by atoms with van der Waals surface area (Å²) in [5, 5.41) is 17.0. The molecule has 7 nitrogen and oxygen atoms in total. The van der Waals surface area contributed by atoms with Gasteiger partial charge in [-0.1, -0.05) is 19.8 Å². The number of phenolic OH excluding ortho intramolecular Hbond substituents is 1. The van der Waals surface area contributed by atoms with Crippen molar-refractivity contribution in [2.45, 2.75) is 77.0 Å². The number of alkyl halides is 2. The van der Waals surface area contributed by atoms with E-state index in [1.807, 2.05) is 0 Å². The minimum Gasteiger partial charge on any atom is -0.508 e. The number of nitrogens with zero attached hydrogens (tertiary/aromatic N) is 1. The molecule has 1 saturated heterocycles. The van der Waals surface area contributed by atoms with Gasteiger partial charge in [0.15, 0.2) is 6.10 Å². The molecular formula is C29H37F2N3O4. The average molecular weight is 530 g/mol. The normalized spacial score (nSPS) is 20.9. The second-order valence-electron chi connectivity index (χ2n) is 11.1. The monoisotopic (exact) mass is 529 g/mol. The molecule has 1 atom stereocenters. The molecule has 2 fully saturated rings. The Morgan fingerprint density at radius 3 is 2.63 bits per heavy atom. The van der Waals surface area contributed by atoms with Gasteiger partial charge in [0, 0.05) is 31.3 Å². The van der Waals surface area contributed by atoms with Crippen LogP contribution in [0.3, 0.4) is 0 Å². The van der Waals surface area contributed by atoms with Crippen LogP contribution in [0.5, 0.6) is 17.2 Å². The largest absolute Gasteiger partial charge is 0.508 e. The Morgan fingerprint density at radius 1 is 1.18 bits per heavy atom. The number of carbonyl (C=O) groups is 1. The number of aromatic hydroxyl groups is 1. The van der Waals surface area contributed by atoms with Gasteiger partial charge >= 0.3 is 6.11 Å². The highest BCUT2D eigenvalue weighted by molar-refractivity contribution is 5.96. The molecule has 0 bridgehead atoms. The lowest BCUT2D eigenvalue weighted by Crippen LogP contribution is -2.41. The van der Waals surface area contributed by atoms with E-state index in [2.05, 4.69) is 33.3 Å². The molecule has 9 heteroatoms. The number of rotatable bonds is 7. The highest BCUT2D eigenvalue weighted by Gasteiger charge is 2.30. The van der Waals surface area contributed by atoms with Crippen molar-refractivity contribution in [1.82, 2.24) is 4.90 Å². The number of anilines is 2. The number of carbonyl (C=O) groups excluding carboxylic acids is 1. The Balaban J connectivity index is 1.32. The Labute approximate surface area is 222 Å². The zero-order chi connectivity index (χ0) is 26.9. The van der Waals surface area contributed by atoms with E-state index in [0.717, 1.165) is 55.8 Å². The van der Waals surface area contributed by atoms with E-state index >= 15 is 0 Å². The number of halogens is 2. The lowest BCUT2D eigenvalue weighted by molar-refractivity contribution is -0.158. The lowest BCUT2D eigenvalue weighted by atomic mass is 9.93. The molecule has 1 unspecified atom stereocenters. The topological polar surface area (TPSA) is 83.1 Å². The van der Waals surface area contributed by atoms with Gasteiger partial charge in [-0.3, -0.25) is 9.69 Å². The molecule has 0 radical (unpaired) electrons. The number of hydrogen-bond donors (Lipinski definition) is 3. The maximum atomic E-state index is 13.3. The molecule has 3 N–H and O–H groups in total. The number of likely N-dealkylation sites (tertiary alicyclic amines) is 1. The number of phenols is 1. The Bertz CT molecular complexity index is 1160. The first-order chi connectivity index (χ1) is 18.1. The van der Waals surface area contributed by atoms with Crippen molar-refractivity contribution < 1.29 is 28.2 Å². The first-order valence-corrected chi connectivity index (χ1v) is 13.6. The van der Waals surface area contributed by atoms with Crippen LogP contribution in [0.15, 0.2) is 30.3 Å². The molecule has 1 amide bonds. The van der Waals surface area contributed by atoms with E-state index in [1.165, 1.54) is 31.0 Å². The predicted molar refractivity (Wildman–Crippen MR) is 142 cm³/mol. The summed E-state index contributed by atoms with van der Waals surface area (Å²) < 4.78 is 36.9. The maximum Gasteiger partial charge on any atom is 0.394 e. The fraction of sp³-hybridized carbons (Fsp3) is 0.552. The predicted octanol–water partition coefficient (Wildman–Crippen LogP) is 6.08. The summed E-state index contributed by atoms with van der Waals surface area (Å²) in [4.78, 5) is 15.7. The maximum absolute atomic E-state index is 13.3. The molecule has 2 aromatic rings. The SMILES string of the molecule is CC1CCN(Cc2cc(C3CCCC3)c(O)cc2NC(=O)C2CNc3cc(OC(C)(F)F)ccc3O2)CC1. The summed E-state index contributed by atoms with van der Waals surface area (Å²) in [6.07, 6.45) is 2.66. The summed E-state index contributed by atoms with van der Waals surface area (Å²) in [7, 11) is 0. The van der Waals surface area contributed by atoms with Crippen molar-refractivity contribution >= 4 is 17.3 Å². The molecule has 5 rings (SSSR count). The third-order valence-electron chi connectivity index (χ3n) is 7.86. The van der Waals surface area contributed by atoms with Gasteiger partial charge in [-0.05, 0) is 79.9 Å². The van der Waals surface area contributed by atoms with Crippen LogP contribution >= 0.6 is 0 Å². The number of amides is 1. The minimum absolute atomic E-state index is 0.00447. The van der Waals surface area contributed by atoms with Crippen molar-refractivity contribution in [2.75, 3.05) is 30.3 Å². The van der Waals surface area contributed by atoms with Gasteiger partial charge < -0.3 is 25.2 Å². The van der Waals surface area contributed by atoms with Crippen LogP contribution in [0.4, 0.5) is 20.2 Å². The van der Waals surface area contributed by atoms with Gasteiger partial charge in [0.2, 0.25) is 0 Å². The Kier molecular flexibility index (Phi) is 7.66. The fourth-order valence-electron chi connectivity index (χ4n) is 5.70. The van der Waals surface area contributed by atoms with Gasteiger partial charge in [0.05, 0.1) is 12.2 Å². The van der Waals surface area contributed by atoms with E-state index in [1.54, 1.807) is 6.07 Å². The lowest BCUT2D eigenvalue weighted by Gasteiger charge is -2.31. The summed E-state index contributed by atoms with van der Waals surface area (Å²) in [5.41, 5.74) is 3.05. The summed E-state index contributed by atoms with van der Waals surface area (Å²) in [6, 6.07) is 8.09. The summed E-state index contributed by atoms with van der Waals surface area (Å²) >= 11 is 0. The standard InChI is InChI=1S/C29H37F2N3O4/c1-18-9-11-34(12-10-18)17-20-13-22(19-5-3-4-6-19)25(35)15-23(20)33-28(36)27-16-32-24-14-21(38-29(2,30)31)7-8-26(24)37-27/h7-8,13-15,18-19,27,32,35H,3-6,9-12,16-17H2,1-2H3,(H,33,36). The van der Waals surface area contributed by atoms with Gasteiger partial charge in [0.25, 0.3) is 5.91 Å². The van der Waals surface area contributed by atoms with Gasteiger partial charge in [-0.25, -0.2) is 0 Å². The van der Waals surface area contributed by atoms with Crippen LogP contribution < -0.4 is 20.1 Å². The molecule has 3 aliphatic rings. The van der Waals surface area contributed by atoms with Gasteiger partial charge in [0.1, 0.15) is 17.2 Å². The molecule has 38 heavy (non-hydrogen) atoms. The quantitative estimate of drug-likeness (QED) is 0.403. The highest BCUT2D eigenvalue weighted by Crippen LogP contribution is 2.41. The smallest absolute Gasteiger partial charge is 0.394 e. The van der Waals surface area contributed by atoms with Crippen LogP contribution in [-0.4, -0.2) is 47.8 Å². The third-order valence-corrected chi connectivity index (χ3v) is 7.86. The summed E-state index contributed by atoms with van der Waals surface area (Å²) in [5.74, 6) is 1.33. The minimum atomic E-state index is -3.30. The van der Waals surface area contributed by atoms with Crippen LogP contribution in [-0.2, 0) is 11.3 Å². The number of benzene rings is 2. The average Bonchev–Trinajstić information content (AvgIpc) is 3.40. The molecule has 0 aromatic heterocycles. The second kappa shape index (κ2) is 11.0. The molecule has 1 saturated carbocycles. The molecule has 1 aliphatic carbocycles. The zero-order valence-electron chi connectivity index (χ0n) is 22.1. The molecule has 206 valence electrons. The molecular weight excluding hydrogens is 492 g/mol. The molecule has 0 spiro atoms. The van der Waals surface area contributed by atoms with Crippen LogP contribution in [0, 0.1) is 5.92 Å². The van der Waals surface area contributed by atoms with E-state index < -0.39 is 12.2 Å². The number of fused-ring (bicyclic) bond motifs is 1. The van der Waals surface area contributed by atoms with E-state index in [-0.39, 0.29) is 24.0 Å². The molecule has 2 aromatic carbocycles. The van der Waals surface area contributed by atoms with Crippen molar-refractivity contribution in [1.29, 1.82) is 0 Å². The number of ether oxygens (including phenoxy) is 2. The van der Waals surface area contributed by atoms with Crippen molar-refractivity contribution in [3.63, 3.8) is 0 Å². The van der Waals surface area contributed by atoms with Crippen molar-refractivity contribution in [3.05, 3.63) is 41.5 Å². The Morgan fingerprint density at radius 2 is 1.92 bits per heavy atom. The number of nitrogens with one attached hydrogen (secondary N) is 2. The third kappa shape index (κ3) is 6.31. The number of piperidine rings is 1. The zero-order valence-corrected chi connectivity index (χ0v) is 22.1. The van der Waals surface area contributed by atoms with E-state index in [0.29, 0.717) is 36.5 Å². The van der Waals surface area contributed by atoms with Crippen LogP contribution in [0.25, 0.3) is 0 Å². The first-order valence-electron chi connectivity index (χ1n) is 13.6. The summed E-state index contributed by atoms with van der Waals surface area (Å²) in [6.45, 7) is 5.85. The fourth-order valence-corrected chi connectivity index (χ4v) is 5.70. The number of hydrogen-bond acceptors (Lipinski definition) is 6. The van der Waals surface area contributed by atoms with Crippen molar-refractivity contribution in [2.24, 2.45) is 5.92 Å². The Hall–Kier alpha value is -3.07. The highest BCUT2D eigenvalue weighted by atomic mass is 19.3. The molecule has 2 aliphatic heterocycles. The van der Waals surface area contributed by atoms with Gasteiger partial charge in [-0.15, -0.1) is 0 Å². The van der Waals surface area contributed by atoms with Crippen molar-refractivity contribution in [3.8, 4) is 17.2 Å². The van der Waals surface area contributed by atoms with E-state index in [9.17, 15) is 18.7 Å². The van der Waals surface area contributed by atoms with Crippen LogP contribution in [0.1, 0.15) is 69.4 Å².